The average Bonchev–Trinajstić information content (AvgIpc) is 2.09. The molecule has 0 atom stereocenters. The second-order valence-electron chi connectivity index (χ2n) is 1.88. The van der Waals surface area contributed by atoms with Crippen molar-refractivity contribution < 1.29 is 21.7 Å². The highest BCUT2D eigenvalue weighted by Gasteiger charge is 2.30. The Morgan fingerprint density at radius 2 is 1.92 bits per heavy atom. The van der Waals surface area contributed by atoms with Crippen LogP contribution < -0.4 is 0 Å². The number of hydrogen-bond acceptors (Lipinski definition) is 0. The summed E-state index contributed by atoms with van der Waals surface area (Å²) in [4.78, 5) is 0. The molecule has 0 heterocycles. The third-order valence-corrected chi connectivity index (χ3v) is 1.55. The molecule has 1 aromatic carbocycles. The molecule has 0 unspecified atom stereocenters. The van der Waals surface area contributed by atoms with Gasteiger partial charge < -0.3 is 0 Å². The monoisotopic (exact) mass is 245 g/mol. The van der Waals surface area contributed by atoms with Crippen LogP contribution in [-0.4, -0.2) is 0 Å². The molecule has 5 heteroatoms. The van der Waals surface area contributed by atoms with Crippen molar-refractivity contribution in [3.8, 4) is 0 Å². The predicted octanol–water partition coefficient (Wildman–Crippen LogP) is 3.61. The minimum atomic E-state index is -4.94. The number of alkyl halides is 3. The lowest BCUT2D eigenvalue weighted by molar-refractivity contribution is -0.137. The Morgan fingerprint density at radius 1 is 1.33 bits per heavy atom. The normalized spacial score (nSPS) is 15.2. The van der Waals surface area contributed by atoms with E-state index in [1.54, 1.807) is 0 Å². The van der Waals surface area contributed by atoms with Crippen molar-refractivity contribution in [1.29, 1.82) is 0 Å². The number of halogens is 5. The Kier molecular flexibility index (Phi) is 1.51. The maximum atomic E-state index is 13.0. The second-order valence-corrected chi connectivity index (χ2v) is 2.67. The van der Waals surface area contributed by atoms with E-state index in [4.69, 9.17) is 4.11 Å². The molecule has 0 aromatic heterocycles. The fourth-order valence-corrected chi connectivity index (χ4v) is 0.807. The van der Waals surface area contributed by atoms with Crippen molar-refractivity contribution in [2.75, 3.05) is 0 Å². The molecule has 0 aliphatic carbocycles. The Morgan fingerprint density at radius 3 is 2.42 bits per heavy atom. The van der Waals surface area contributed by atoms with Crippen molar-refractivity contribution >= 4 is 15.9 Å². The zero-order valence-electron chi connectivity index (χ0n) is 8.39. The van der Waals surface area contributed by atoms with Gasteiger partial charge in [0.1, 0.15) is 5.82 Å². The van der Waals surface area contributed by atoms with E-state index in [1.165, 1.54) is 0 Å². The Labute approximate surface area is 78.5 Å². The predicted molar refractivity (Wildman–Crippen MR) is 39.1 cm³/mol. The van der Waals surface area contributed by atoms with Crippen LogP contribution >= 0.6 is 15.9 Å². The number of hydrogen-bond donors (Lipinski definition) is 0. The van der Waals surface area contributed by atoms with Gasteiger partial charge in [0.15, 0.2) is 0 Å². The number of rotatable bonds is 0. The van der Waals surface area contributed by atoms with Gasteiger partial charge in [0, 0.05) is 0 Å². The van der Waals surface area contributed by atoms with E-state index in [-0.39, 0.29) is 0 Å². The quantitative estimate of drug-likeness (QED) is 0.613. The summed E-state index contributed by atoms with van der Waals surface area (Å²) in [6.07, 6.45) is -4.94. The molecule has 0 bridgehead atoms. The summed E-state index contributed by atoms with van der Waals surface area (Å²) in [6.45, 7) is 0. The summed E-state index contributed by atoms with van der Waals surface area (Å²) in [5, 5.41) is 0. The Balaban J connectivity index is 3.68. The molecule has 1 aromatic rings. The van der Waals surface area contributed by atoms with Crippen LogP contribution in [0.5, 0.6) is 0 Å². The fourth-order valence-electron chi connectivity index (χ4n) is 0.510. The van der Waals surface area contributed by atoms with Gasteiger partial charge in [-0.1, -0.05) is 0 Å². The van der Waals surface area contributed by atoms with Crippen molar-refractivity contribution in [2.24, 2.45) is 0 Å². The maximum absolute atomic E-state index is 13.0. The van der Waals surface area contributed by atoms with Gasteiger partial charge in [0.25, 0.3) is 0 Å². The van der Waals surface area contributed by atoms with E-state index in [0.717, 1.165) is 0 Å². The van der Waals surface area contributed by atoms with Crippen LogP contribution in [0.4, 0.5) is 17.6 Å². The van der Waals surface area contributed by atoms with Crippen LogP contribution in [0.1, 0.15) is 9.68 Å². The highest BCUT2D eigenvalue weighted by Crippen LogP contribution is 2.31. The molecule has 0 nitrogen and oxygen atoms in total. The summed E-state index contributed by atoms with van der Waals surface area (Å²) in [5.41, 5.74) is -1.61. The lowest BCUT2D eigenvalue weighted by atomic mass is 10.2. The zero-order valence-corrected chi connectivity index (χ0v) is 6.98. The third kappa shape index (κ3) is 1.97. The van der Waals surface area contributed by atoms with Crippen LogP contribution in [0.15, 0.2) is 22.6 Å². The van der Waals surface area contributed by atoms with Crippen molar-refractivity contribution in [3.63, 3.8) is 0 Å². The largest absolute Gasteiger partial charge is 0.416 e. The summed E-state index contributed by atoms with van der Waals surface area (Å²) in [5.74, 6) is -1.34. The van der Waals surface area contributed by atoms with Crippen molar-refractivity contribution in [2.45, 2.75) is 6.18 Å². The molecule has 0 saturated carbocycles. The topological polar surface area (TPSA) is 0 Å². The molecular formula is C7H3BrF4. The molecule has 0 aliphatic rings. The van der Waals surface area contributed by atoms with Gasteiger partial charge in [-0.3, -0.25) is 0 Å². The highest BCUT2D eigenvalue weighted by molar-refractivity contribution is 9.10. The first-order valence-corrected chi connectivity index (χ1v) is 3.49. The molecule has 0 spiro atoms. The molecule has 1 rings (SSSR count). The smallest absolute Gasteiger partial charge is 0.206 e. The molecule has 0 amide bonds. The molecule has 12 heavy (non-hydrogen) atoms. The van der Waals surface area contributed by atoms with E-state index < -0.39 is 40.2 Å². The van der Waals surface area contributed by atoms with E-state index in [0.29, 0.717) is 0 Å². The van der Waals surface area contributed by atoms with Gasteiger partial charge in [-0.2, -0.15) is 13.2 Å². The van der Waals surface area contributed by atoms with Crippen LogP contribution in [0.2, 0.25) is 0 Å². The van der Waals surface area contributed by atoms with E-state index in [9.17, 15) is 17.6 Å². The first-order valence-electron chi connectivity index (χ1n) is 4.19. The molecule has 0 fully saturated rings. The second kappa shape index (κ2) is 3.05. The molecule has 0 aliphatic heterocycles. The Bertz CT molecular complexity index is 387. The SMILES string of the molecule is [2H]c1c([2H])c(C(F)(F)F)c([2H])c(Br)c1F. The standard InChI is InChI=1S/C7H3BrF4/c8-5-3-4(7(10,11)12)1-2-6(5)9/h1-3H/i1D,2D,3D. The van der Waals surface area contributed by atoms with Crippen LogP contribution in [-0.2, 0) is 6.18 Å². The van der Waals surface area contributed by atoms with Crippen LogP contribution in [0.3, 0.4) is 0 Å². The zero-order chi connectivity index (χ0) is 12.0. The summed E-state index contributed by atoms with van der Waals surface area (Å²) in [6, 6.07) is -3.67. The molecule has 0 saturated heterocycles. The van der Waals surface area contributed by atoms with Gasteiger partial charge in [-0.15, -0.1) is 0 Å². The fraction of sp³-hybridized carbons (Fsp3) is 0.143. The number of benzene rings is 1. The molecule has 66 valence electrons. The van der Waals surface area contributed by atoms with Gasteiger partial charge in [-0.05, 0) is 34.1 Å². The Hall–Kier alpha value is -0.580. The molecule has 0 N–H and O–H groups in total. The van der Waals surface area contributed by atoms with E-state index >= 15 is 0 Å². The minimum absolute atomic E-state index is 0.754. The first-order chi connectivity index (χ1) is 6.68. The first kappa shape index (κ1) is 5.96. The van der Waals surface area contributed by atoms with Gasteiger partial charge >= 0.3 is 6.18 Å². The van der Waals surface area contributed by atoms with E-state index in [2.05, 4.69) is 15.9 Å². The van der Waals surface area contributed by atoms with Crippen LogP contribution in [0, 0.1) is 5.82 Å². The maximum Gasteiger partial charge on any atom is 0.416 e. The average molecular weight is 246 g/mol. The van der Waals surface area contributed by atoms with Crippen LogP contribution in [0.25, 0.3) is 0 Å². The van der Waals surface area contributed by atoms with Gasteiger partial charge in [0.2, 0.25) is 0 Å². The summed E-state index contributed by atoms with van der Waals surface area (Å²) < 4.78 is 70.1. The lowest BCUT2D eigenvalue weighted by Crippen LogP contribution is -2.04. The van der Waals surface area contributed by atoms with Gasteiger partial charge in [0.05, 0.1) is 14.1 Å². The van der Waals surface area contributed by atoms with E-state index in [1.807, 2.05) is 0 Å². The highest BCUT2D eigenvalue weighted by atomic mass is 79.9. The van der Waals surface area contributed by atoms with Crippen molar-refractivity contribution in [1.82, 2.24) is 0 Å². The minimum Gasteiger partial charge on any atom is -0.206 e. The summed E-state index contributed by atoms with van der Waals surface area (Å²) in [7, 11) is 0. The van der Waals surface area contributed by atoms with Gasteiger partial charge in [-0.25, -0.2) is 4.39 Å². The lowest BCUT2D eigenvalue weighted by Gasteiger charge is -2.06. The molecular weight excluding hydrogens is 240 g/mol. The molecule has 0 radical (unpaired) electrons. The van der Waals surface area contributed by atoms with Crippen molar-refractivity contribution in [3.05, 3.63) is 34.0 Å². The summed E-state index contributed by atoms with van der Waals surface area (Å²) >= 11 is 2.44. The third-order valence-electron chi connectivity index (χ3n) is 1.01.